The molecule has 1 unspecified atom stereocenters. The molecule has 0 saturated heterocycles. The Morgan fingerprint density at radius 2 is 1.89 bits per heavy atom. The summed E-state index contributed by atoms with van der Waals surface area (Å²) in [6.45, 7) is 1.62. The van der Waals surface area contributed by atoms with Crippen molar-refractivity contribution in [2.45, 2.75) is 31.3 Å². The smallest absolute Gasteiger partial charge is 0.326 e. The zero-order chi connectivity index (χ0) is 14.5. The highest BCUT2D eigenvalue weighted by Crippen LogP contribution is 2.18. The lowest BCUT2D eigenvalue weighted by Gasteiger charge is -2.27. The van der Waals surface area contributed by atoms with E-state index in [1.807, 2.05) is 0 Å². The Hall–Kier alpha value is -2.08. The fourth-order valence-corrected chi connectivity index (χ4v) is 1.68. The molecule has 0 aromatic heterocycles. The van der Waals surface area contributed by atoms with E-state index in [1.165, 1.54) is 0 Å². The van der Waals surface area contributed by atoms with Crippen LogP contribution in [0.5, 0.6) is 0 Å². The summed E-state index contributed by atoms with van der Waals surface area (Å²) in [4.78, 5) is 22.3. The Bertz CT molecular complexity index is 449. The van der Waals surface area contributed by atoms with E-state index in [1.54, 1.807) is 37.3 Å². The van der Waals surface area contributed by atoms with Crippen molar-refractivity contribution in [3.05, 3.63) is 30.3 Å². The van der Waals surface area contributed by atoms with Crippen LogP contribution in [0, 0.1) is 0 Å². The molecule has 0 aliphatic rings. The van der Waals surface area contributed by atoms with E-state index in [9.17, 15) is 9.59 Å². The van der Waals surface area contributed by atoms with Crippen LogP contribution in [0.3, 0.4) is 0 Å². The van der Waals surface area contributed by atoms with E-state index in [2.05, 4.69) is 5.32 Å². The third kappa shape index (κ3) is 3.96. The summed E-state index contributed by atoms with van der Waals surface area (Å²) >= 11 is 0. The van der Waals surface area contributed by atoms with Crippen molar-refractivity contribution >= 4 is 17.6 Å². The zero-order valence-corrected chi connectivity index (χ0v) is 10.7. The van der Waals surface area contributed by atoms with Gasteiger partial charge in [-0.3, -0.25) is 4.79 Å². The number of aliphatic carboxylic acids is 2. The van der Waals surface area contributed by atoms with Crippen LogP contribution in [-0.4, -0.2) is 33.7 Å². The third-order valence-corrected chi connectivity index (χ3v) is 3.04. The first-order valence-electron chi connectivity index (χ1n) is 5.95. The molecule has 1 aromatic rings. The molecule has 0 radical (unpaired) electrons. The molecule has 19 heavy (non-hydrogen) atoms. The highest BCUT2D eigenvalue weighted by molar-refractivity contribution is 5.82. The summed E-state index contributed by atoms with van der Waals surface area (Å²) in [6, 6.07) is 7.68. The highest BCUT2D eigenvalue weighted by Gasteiger charge is 2.37. The molecule has 0 aliphatic heterocycles. The van der Waals surface area contributed by atoms with Crippen molar-refractivity contribution in [1.82, 2.24) is 0 Å². The van der Waals surface area contributed by atoms with Gasteiger partial charge in [0.1, 0.15) is 11.6 Å². The van der Waals surface area contributed by atoms with E-state index in [4.69, 9.17) is 15.9 Å². The van der Waals surface area contributed by atoms with Gasteiger partial charge in [0.15, 0.2) is 0 Å². The van der Waals surface area contributed by atoms with Gasteiger partial charge in [-0.2, -0.15) is 0 Å². The molecule has 0 spiro atoms. The first-order chi connectivity index (χ1) is 8.89. The van der Waals surface area contributed by atoms with Crippen molar-refractivity contribution < 1.29 is 19.8 Å². The second kappa shape index (κ2) is 6.19. The molecule has 0 saturated carbocycles. The summed E-state index contributed by atoms with van der Waals surface area (Å²) in [5.41, 5.74) is 4.79. The maximum atomic E-state index is 11.2. The van der Waals surface area contributed by atoms with Crippen LogP contribution < -0.4 is 11.1 Å². The van der Waals surface area contributed by atoms with Crippen LogP contribution in [0.4, 0.5) is 5.69 Å². The van der Waals surface area contributed by atoms with Crippen LogP contribution in [0.15, 0.2) is 30.3 Å². The Kier molecular flexibility index (Phi) is 4.88. The molecule has 0 heterocycles. The van der Waals surface area contributed by atoms with Gasteiger partial charge in [-0.05, 0) is 18.6 Å². The molecule has 0 aliphatic carbocycles. The molecule has 2 atom stereocenters. The molecule has 104 valence electrons. The minimum Gasteiger partial charge on any atom is -0.480 e. The van der Waals surface area contributed by atoms with Gasteiger partial charge in [0.05, 0.1) is 0 Å². The van der Waals surface area contributed by atoms with Crippen LogP contribution in [-0.2, 0) is 9.59 Å². The zero-order valence-electron chi connectivity index (χ0n) is 10.7. The molecule has 5 N–H and O–H groups in total. The van der Waals surface area contributed by atoms with Crippen molar-refractivity contribution in [3.63, 3.8) is 0 Å². The van der Waals surface area contributed by atoms with Crippen LogP contribution >= 0.6 is 0 Å². The number of hydrogen-bond acceptors (Lipinski definition) is 4. The van der Waals surface area contributed by atoms with Gasteiger partial charge < -0.3 is 21.3 Å². The predicted octanol–water partition coefficient (Wildman–Crippen LogP) is 1.13. The molecular formula is C13H18N2O4. The number of hydrogen-bond donors (Lipinski definition) is 4. The minimum atomic E-state index is -1.55. The largest absolute Gasteiger partial charge is 0.480 e. The predicted molar refractivity (Wildman–Crippen MR) is 71.0 cm³/mol. The number of carboxylic acids is 2. The van der Waals surface area contributed by atoms with Crippen LogP contribution in [0.1, 0.15) is 19.8 Å². The van der Waals surface area contributed by atoms with E-state index in [0.717, 1.165) is 0 Å². The standard InChI is InChI=1S/C13H18N2O4/c1-2-13(14,12(18)19)8-10(11(16)17)15-9-6-4-3-5-7-9/h3-7,10,15H,2,8,14H2,1H3,(H,16,17)(H,18,19)/t10?,13-/m0/s1. The fourth-order valence-electron chi connectivity index (χ4n) is 1.68. The fraction of sp³-hybridized carbons (Fsp3) is 0.385. The Morgan fingerprint density at radius 1 is 1.32 bits per heavy atom. The van der Waals surface area contributed by atoms with Crippen molar-refractivity contribution in [1.29, 1.82) is 0 Å². The number of benzene rings is 1. The lowest BCUT2D eigenvalue weighted by Crippen LogP contribution is -2.52. The average Bonchev–Trinajstić information content (AvgIpc) is 2.38. The normalized spacial score (nSPS) is 15.3. The number of nitrogens with two attached hydrogens (primary N) is 1. The number of carbonyl (C=O) groups is 2. The maximum Gasteiger partial charge on any atom is 0.326 e. The highest BCUT2D eigenvalue weighted by atomic mass is 16.4. The van der Waals surface area contributed by atoms with E-state index in [0.29, 0.717) is 5.69 Å². The first kappa shape index (κ1) is 15.0. The summed E-state index contributed by atoms with van der Waals surface area (Å²) in [6.07, 6.45) is -0.0361. The Labute approximate surface area is 111 Å². The minimum absolute atomic E-state index is 0.155. The van der Waals surface area contributed by atoms with E-state index in [-0.39, 0.29) is 12.8 Å². The van der Waals surface area contributed by atoms with Gasteiger partial charge in [-0.1, -0.05) is 25.1 Å². The SMILES string of the molecule is CC[C@](N)(CC(Nc1ccccc1)C(=O)O)C(=O)O. The third-order valence-electron chi connectivity index (χ3n) is 3.04. The van der Waals surface area contributed by atoms with Gasteiger partial charge >= 0.3 is 11.9 Å². The number of nitrogens with one attached hydrogen (secondary N) is 1. The molecule has 6 heteroatoms. The lowest BCUT2D eigenvalue weighted by molar-refractivity contribution is -0.145. The van der Waals surface area contributed by atoms with Crippen LogP contribution in [0.25, 0.3) is 0 Å². The molecule has 0 amide bonds. The topological polar surface area (TPSA) is 113 Å². The second-order valence-electron chi connectivity index (χ2n) is 4.42. The quantitative estimate of drug-likeness (QED) is 0.588. The molecular weight excluding hydrogens is 248 g/mol. The van der Waals surface area contributed by atoms with E-state index >= 15 is 0 Å². The Morgan fingerprint density at radius 3 is 2.32 bits per heavy atom. The number of rotatable bonds is 7. The lowest BCUT2D eigenvalue weighted by atomic mass is 9.89. The number of carboxylic acid groups (broad SMARTS) is 2. The first-order valence-corrected chi connectivity index (χ1v) is 5.95. The summed E-state index contributed by atoms with van der Waals surface area (Å²) in [5.74, 6) is -2.33. The summed E-state index contributed by atoms with van der Waals surface area (Å²) < 4.78 is 0. The maximum absolute atomic E-state index is 11.2. The van der Waals surface area contributed by atoms with E-state index < -0.39 is 23.5 Å². The van der Waals surface area contributed by atoms with Gasteiger partial charge in [0.25, 0.3) is 0 Å². The summed E-state index contributed by atoms with van der Waals surface area (Å²) in [5, 5.41) is 21.0. The monoisotopic (exact) mass is 266 g/mol. The second-order valence-corrected chi connectivity index (χ2v) is 4.42. The van der Waals surface area contributed by atoms with Gasteiger partial charge in [-0.25, -0.2) is 4.79 Å². The van der Waals surface area contributed by atoms with Crippen molar-refractivity contribution in [3.8, 4) is 0 Å². The van der Waals surface area contributed by atoms with Crippen molar-refractivity contribution in [2.24, 2.45) is 5.73 Å². The van der Waals surface area contributed by atoms with Gasteiger partial charge in [-0.15, -0.1) is 0 Å². The molecule has 0 bridgehead atoms. The van der Waals surface area contributed by atoms with Gasteiger partial charge in [0.2, 0.25) is 0 Å². The van der Waals surface area contributed by atoms with Gasteiger partial charge in [0, 0.05) is 12.1 Å². The average molecular weight is 266 g/mol. The number of anilines is 1. The molecule has 1 aromatic carbocycles. The van der Waals surface area contributed by atoms with Crippen LogP contribution in [0.2, 0.25) is 0 Å². The summed E-state index contributed by atoms with van der Waals surface area (Å²) in [7, 11) is 0. The Balaban J connectivity index is 2.85. The number of para-hydroxylation sites is 1. The molecule has 0 fully saturated rings. The van der Waals surface area contributed by atoms with Crippen molar-refractivity contribution in [2.75, 3.05) is 5.32 Å². The molecule has 1 rings (SSSR count). The molecule has 6 nitrogen and oxygen atoms in total.